The Balaban J connectivity index is 1.78. The Labute approximate surface area is 397 Å². The van der Waals surface area contributed by atoms with Crippen molar-refractivity contribution in [3.8, 4) is 0 Å². The smallest absolute Gasteiger partial charge is 0.306 e. The van der Waals surface area contributed by atoms with Gasteiger partial charge in [0, 0.05) is 12.8 Å². The second kappa shape index (κ2) is 39.0. The molecule has 0 spiro atoms. The highest BCUT2D eigenvalue weighted by Gasteiger charge is 2.47. The molecule has 15 heteroatoms. The van der Waals surface area contributed by atoms with E-state index in [-0.39, 0.29) is 26.1 Å². The van der Waals surface area contributed by atoms with Crippen molar-refractivity contribution in [3.63, 3.8) is 0 Å². The minimum atomic E-state index is -1.76. The van der Waals surface area contributed by atoms with Crippen LogP contribution in [-0.2, 0) is 38.0 Å². The van der Waals surface area contributed by atoms with E-state index in [1.54, 1.807) is 0 Å². The lowest BCUT2D eigenvalue weighted by atomic mass is 9.98. The van der Waals surface area contributed by atoms with E-state index in [9.17, 15) is 45.3 Å². The summed E-state index contributed by atoms with van der Waals surface area (Å²) in [6, 6.07) is 0. The predicted molar refractivity (Wildman–Crippen MR) is 252 cm³/mol. The monoisotopic (exact) mass is 947 g/mol. The molecule has 0 saturated carbocycles. The van der Waals surface area contributed by atoms with Gasteiger partial charge in [-0.2, -0.15) is 0 Å². The molecule has 2 heterocycles. The molecular weight excluding hydrogens is 853 g/mol. The molecule has 0 aromatic heterocycles. The van der Waals surface area contributed by atoms with E-state index in [4.69, 9.17) is 28.4 Å². The molecule has 0 aromatic rings. The van der Waals surface area contributed by atoms with E-state index in [1.165, 1.54) is 109 Å². The lowest BCUT2D eigenvalue weighted by Gasteiger charge is -2.42. The average molecular weight is 947 g/mol. The van der Waals surface area contributed by atoms with Crippen LogP contribution in [0.5, 0.6) is 0 Å². The van der Waals surface area contributed by atoms with E-state index in [2.05, 4.69) is 26.0 Å². The lowest BCUT2D eigenvalue weighted by Crippen LogP contribution is -2.61. The van der Waals surface area contributed by atoms with Crippen LogP contribution >= 0.6 is 0 Å². The van der Waals surface area contributed by atoms with Gasteiger partial charge in [-0.05, 0) is 38.5 Å². The second-order valence-electron chi connectivity index (χ2n) is 18.7. The van der Waals surface area contributed by atoms with Gasteiger partial charge in [-0.3, -0.25) is 9.59 Å². The molecular formula is C51H94O15. The zero-order valence-corrected chi connectivity index (χ0v) is 40.9. The summed E-state index contributed by atoms with van der Waals surface area (Å²) in [5.41, 5.74) is 0. The van der Waals surface area contributed by atoms with Crippen molar-refractivity contribution in [1.29, 1.82) is 0 Å². The number of aliphatic hydroxyl groups excluding tert-OH is 7. The van der Waals surface area contributed by atoms with Crippen LogP contribution in [0.3, 0.4) is 0 Å². The fourth-order valence-corrected chi connectivity index (χ4v) is 8.39. The Morgan fingerprint density at radius 3 is 1.36 bits per heavy atom. The summed E-state index contributed by atoms with van der Waals surface area (Å²) >= 11 is 0. The highest BCUT2D eigenvalue weighted by atomic mass is 16.7. The lowest BCUT2D eigenvalue weighted by molar-refractivity contribution is -0.332. The number of carbonyl (C=O) groups is 2. The van der Waals surface area contributed by atoms with Gasteiger partial charge in [0.05, 0.1) is 19.8 Å². The first-order valence-corrected chi connectivity index (χ1v) is 26.3. The highest BCUT2D eigenvalue weighted by Crippen LogP contribution is 2.26. The third-order valence-corrected chi connectivity index (χ3v) is 12.7. The van der Waals surface area contributed by atoms with E-state index in [0.717, 1.165) is 57.8 Å². The van der Waals surface area contributed by atoms with Crippen LogP contribution in [0.1, 0.15) is 206 Å². The summed E-state index contributed by atoms with van der Waals surface area (Å²) in [5.74, 6) is -0.925. The number of carbonyl (C=O) groups excluding carboxylic acids is 2. The summed E-state index contributed by atoms with van der Waals surface area (Å²) in [7, 11) is 0. The van der Waals surface area contributed by atoms with Crippen molar-refractivity contribution in [3.05, 3.63) is 12.2 Å². The summed E-state index contributed by atoms with van der Waals surface area (Å²) in [6.07, 6.45) is 21.0. The van der Waals surface area contributed by atoms with Crippen LogP contribution in [0.25, 0.3) is 0 Å². The Kier molecular flexibility index (Phi) is 35.7. The van der Waals surface area contributed by atoms with Crippen LogP contribution < -0.4 is 0 Å². The van der Waals surface area contributed by atoms with Gasteiger partial charge in [0.1, 0.15) is 55.4 Å². The van der Waals surface area contributed by atoms with Crippen LogP contribution in [0.2, 0.25) is 0 Å². The molecule has 388 valence electrons. The van der Waals surface area contributed by atoms with E-state index >= 15 is 0 Å². The van der Waals surface area contributed by atoms with Crippen LogP contribution in [0.15, 0.2) is 12.2 Å². The Bertz CT molecular complexity index is 1210. The number of allylic oxidation sites excluding steroid dienone is 2. The maximum atomic E-state index is 13.0. The van der Waals surface area contributed by atoms with Crippen molar-refractivity contribution < 1.29 is 73.8 Å². The van der Waals surface area contributed by atoms with Gasteiger partial charge in [-0.25, -0.2) is 0 Å². The van der Waals surface area contributed by atoms with Crippen molar-refractivity contribution in [2.24, 2.45) is 0 Å². The highest BCUT2D eigenvalue weighted by molar-refractivity contribution is 5.70. The topological polar surface area (TPSA) is 231 Å². The standard InChI is InChI=1S/C51H94O15/c1-3-5-7-9-11-13-15-17-18-19-20-21-22-24-25-27-29-31-33-42(53)61-36-39(64-43(54)34-32-30-28-26-23-16-14-12-10-8-6-4-2)37-62-50-49(60)47(58)45(56)41(66-50)38-63-51-48(59)46(57)44(55)40(35-52)65-51/h12,14,39-41,44-52,55-60H,3-11,13,15-38H2,1-2H3/b14-12-. The molecule has 11 unspecified atom stereocenters. The van der Waals surface area contributed by atoms with Gasteiger partial charge < -0.3 is 64.2 Å². The average Bonchev–Trinajstić information content (AvgIpc) is 3.31. The van der Waals surface area contributed by atoms with Gasteiger partial charge in [0.2, 0.25) is 0 Å². The third kappa shape index (κ3) is 26.8. The normalized spacial score (nSPS) is 26.2. The molecule has 2 aliphatic heterocycles. The van der Waals surface area contributed by atoms with Crippen molar-refractivity contribution in [2.45, 2.75) is 274 Å². The number of rotatable bonds is 41. The fourth-order valence-electron chi connectivity index (χ4n) is 8.39. The van der Waals surface area contributed by atoms with Gasteiger partial charge >= 0.3 is 11.9 Å². The molecule has 2 rings (SSSR count). The molecule has 0 aromatic carbocycles. The maximum absolute atomic E-state index is 13.0. The Hall–Kier alpha value is -1.76. The number of esters is 2. The number of unbranched alkanes of at least 4 members (excludes halogenated alkanes) is 25. The first-order chi connectivity index (χ1) is 32.0. The first kappa shape index (κ1) is 60.4. The van der Waals surface area contributed by atoms with Crippen molar-refractivity contribution >= 4 is 11.9 Å². The van der Waals surface area contributed by atoms with Crippen LogP contribution in [0, 0.1) is 0 Å². The zero-order chi connectivity index (χ0) is 48.2. The molecule has 66 heavy (non-hydrogen) atoms. The SMILES string of the molecule is CCCCC/C=C\CCCCCCCC(=O)OC(COC(=O)CCCCCCCCCCCCCCCCCCCC)COC1OC(COC2OC(CO)C(O)C(O)C2O)C(O)C(O)C1O. The quantitative estimate of drug-likeness (QED) is 0.0180. The molecule has 0 bridgehead atoms. The van der Waals surface area contributed by atoms with Crippen molar-refractivity contribution in [2.75, 3.05) is 26.4 Å². The summed E-state index contributed by atoms with van der Waals surface area (Å²) in [4.78, 5) is 25.7. The van der Waals surface area contributed by atoms with E-state index in [1.807, 2.05) is 0 Å². The first-order valence-electron chi connectivity index (χ1n) is 26.3. The zero-order valence-electron chi connectivity index (χ0n) is 40.9. The molecule has 0 amide bonds. The molecule has 11 atom stereocenters. The van der Waals surface area contributed by atoms with Crippen LogP contribution in [-0.4, -0.2) is 142 Å². The molecule has 0 radical (unpaired) electrons. The summed E-state index contributed by atoms with van der Waals surface area (Å²) in [6.45, 7) is 2.58. The van der Waals surface area contributed by atoms with Crippen LogP contribution in [0.4, 0.5) is 0 Å². The van der Waals surface area contributed by atoms with E-state index < -0.39 is 92.7 Å². The van der Waals surface area contributed by atoms with Gasteiger partial charge in [0.25, 0.3) is 0 Å². The second-order valence-corrected chi connectivity index (χ2v) is 18.7. The Morgan fingerprint density at radius 1 is 0.470 bits per heavy atom. The summed E-state index contributed by atoms with van der Waals surface area (Å²) in [5, 5.41) is 72.0. The molecule has 15 nitrogen and oxygen atoms in total. The maximum Gasteiger partial charge on any atom is 0.306 e. The Morgan fingerprint density at radius 2 is 0.864 bits per heavy atom. The number of aliphatic hydroxyl groups is 7. The number of ether oxygens (including phenoxy) is 6. The van der Waals surface area contributed by atoms with Gasteiger partial charge in [-0.1, -0.05) is 167 Å². The number of hydrogen-bond acceptors (Lipinski definition) is 15. The molecule has 2 fully saturated rings. The summed E-state index contributed by atoms with van der Waals surface area (Å²) < 4.78 is 33.6. The molecule has 2 saturated heterocycles. The third-order valence-electron chi connectivity index (χ3n) is 12.7. The van der Waals surface area contributed by atoms with Gasteiger partial charge in [-0.15, -0.1) is 0 Å². The molecule has 2 aliphatic rings. The van der Waals surface area contributed by atoms with Gasteiger partial charge in [0.15, 0.2) is 18.7 Å². The van der Waals surface area contributed by atoms with Crippen molar-refractivity contribution in [1.82, 2.24) is 0 Å². The minimum absolute atomic E-state index is 0.159. The number of hydrogen-bond donors (Lipinski definition) is 7. The van der Waals surface area contributed by atoms with E-state index in [0.29, 0.717) is 12.8 Å². The largest absolute Gasteiger partial charge is 0.462 e. The molecule has 0 aliphatic carbocycles. The minimum Gasteiger partial charge on any atom is -0.462 e. The predicted octanol–water partition coefficient (Wildman–Crippen LogP) is 7.38. The fraction of sp³-hybridized carbons (Fsp3) is 0.922. The molecule has 7 N–H and O–H groups in total.